The van der Waals surface area contributed by atoms with Gasteiger partial charge in [0, 0.05) is 12.2 Å². The second-order valence-corrected chi connectivity index (χ2v) is 7.38. The van der Waals surface area contributed by atoms with Crippen molar-refractivity contribution in [2.24, 2.45) is 0 Å². The molecule has 0 unspecified atom stereocenters. The lowest BCUT2D eigenvalue weighted by molar-refractivity contribution is -0.113. The summed E-state index contributed by atoms with van der Waals surface area (Å²) in [5.74, 6) is 0.637. The summed E-state index contributed by atoms with van der Waals surface area (Å²) in [6.45, 7) is 6.84. The maximum absolute atomic E-state index is 12.3. The molecule has 0 atom stereocenters. The van der Waals surface area contributed by atoms with Crippen LogP contribution in [0, 0.1) is 13.8 Å². The number of anilines is 1. The fourth-order valence-corrected chi connectivity index (χ4v) is 3.50. The number of carbonyl (C=O) groups excluding carboxylic acids is 2. The van der Waals surface area contributed by atoms with Crippen molar-refractivity contribution in [3.8, 4) is 0 Å². The SMILES string of the molecule is CCn1c(CNC(=O)c2ccco2)nnc1SCC(=O)Nc1ccc(C)c(C)c1. The van der Waals surface area contributed by atoms with Crippen LogP contribution in [-0.4, -0.2) is 32.3 Å². The third-order valence-corrected chi connectivity index (χ3v) is 5.35. The standard InChI is InChI=1S/C20H23N5O3S/c1-4-25-17(11-21-19(27)16-6-5-9-28-16)23-24-20(25)29-12-18(26)22-15-8-7-13(2)14(3)10-15/h5-10H,4,11-12H2,1-3H3,(H,21,27)(H,22,26). The average molecular weight is 414 g/mol. The summed E-state index contributed by atoms with van der Waals surface area (Å²) >= 11 is 1.31. The Labute approximate surface area is 173 Å². The van der Waals surface area contributed by atoms with E-state index in [-0.39, 0.29) is 29.9 Å². The molecule has 0 spiro atoms. The number of aryl methyl sites for hydroxylation is 2. The topological polar surface area (TPSA) is 102 Å². The number of amides is 2. The molecule has 0 fully saturated rings. The van der Waals surface area contributed by atoms with Crippen molar-refractivity contribution in [1.29, 1.82) is 0 Å². The Morgan fingerprint density at radius 3 is 2.69 bits per heavy atom. The molecule has 0 aliphatic heterocycles. The van der Waals surface area contributed by atoms with Crippen LogP contribution in [0.15, 0.2) is 46.2 Å². The van der Waals surface area contributed by atoms with Gasteiger partial charge >= 0.3 is 0 Å². The molecule has 0 saturated carbocycles. The van der Waals surface area contributed by atoms with Gasteiger partial charge in [-0.1, -0.05) is 17.8 Å². The highest BCUT2D eigenvalue weighted by Crippen LogP contribution is 2.19. The molecular weight excluding hydrogens is 390 g/mol. The molecule has 3 aromatic rings. The van der Waals surface area contributed by atoms with Crippen LogP contribution in [0.25, 0.3) is 0 Å². The quantitative estimate of drug-likeness (QED) is 0.550. The molecule has 29 heavy (non-hydrogen) atoms. The van der Waals surface area contributed by atoms with E-state index >= 15 is 0 Å². The zero-order valence-electron chi connectivity index (χ0n) is 16.6. The first kappa shape index (κ1) is 20.7. The first-order chi connectivity index (χ1) is 14.0. The van der Waals surface area contributed by atoms with E-state index in [1.165, 1.54) is 23.6 Å². The molecule has 152 valence electrons. The third kappa shape index (κ3) is 5.26. The number of rotatable bonds is 8. The zero-order valence-corrected chi connectivity index (χ0v) is 17.4. The number of hydrogen-bond donors (Lipinski definition) is 2. The number of benzene rings is 1. The van der Waals surface area contributed by atoms with Gasteiger partial charge in [-0.2, -0.15) is 0 Å². The van der Waals surface area contributed by atoms with Crippen molar-refractivity contribution in [3.05, 3.63) is 59.3 Å². The van der Waals surface area contributed by atoms with E-state index < -0.39 is 0 Å². The fraction of sp³-hybridized carbons (Fsp3) is 0.300. The zero-order chi connectivity index (χ0) is 20.8. The van der Waals surface area contributed by atoms with Crippen LogP contribution < -0.4 is 10.6 Å². The molecule has 2 heterocycles. The molecule has 8 nitrogen and oxygen atoms in total. The summed E-state index contributed by atoms with van der Waals surface area (Å²) in [7, 11) is 0. The summed E-state index contributed by atoms with van der Waals surface area (Å²) < 4.78 is 6.94. The summed E-state index contributed by atoms with van der Waals surface area (Å²) in [4.78, 5) is 24.3. The molecule has 0 aliphatic rings. The number of hydrogen-bond acceptors (Lipinski definition) is 6. The molecule has 0 bridgehead atoms. The normalized spacial score (nSPS) is 10.7. The lowest BCUT2D eigenvalue weighted by Crippen LogP contribution is -2.24. The maximum Gasteiger partial charge on any atom is 0.287 e. The predicted molar refractivity (Wildman–Crippen MR) is 111 cm³/mol. The Hall–Kier alpha value is -3.07. The number of carbonyl (C=O) groups is 2. The largest absolute Gasteiger partial charge is 0.459 e. The van der Waals surface area contributed by atoms with Gasteiger partial charge in [0.2, 0.25) is 5.91 Å². The lowest BCUT2D eigenvalue weighted by atomic mass is 10.1. The Morgan fingerprint density at radius 2 is 2.00 bits per heavy atom. The second kappa shape index (κ2) is 9.42. The van der Waals surface area contributed by atoms with E-state index in [0.29, 0.717) is 17.5 Å². The van der Waals surface area contributed by atoms with Gasteiger partial charge in [0.1, 0.15) is 0 Å². The first-order valence-corrected chi connectivity index (χ1v) is 10.2. The summed E-state index contributed by atoms with van der Waals surface area (Å²) in [6.07, 6.45) is 1.45. The molecule has 0 saturated heterocycles. The van der Waals surface area contributed by atoms with Crippen molar-refractivity contribution < 1.29 is 14.0 Å². The Kier molecular flexibility index (Phi) is 6.71. The third-order valence-electron chi connectivity index (χ3n) is 4.38. The molecule has 0 radical (unpaired) electrons. The fourth-order valence-electron chi connectivity index (χ4n) is 2.67. The van der Waals surface area contributed by atoms with Crippen LogP contribution in [0.5, 0.6) is 0 Å². The molecule has 2 aromatic heterocycles. The summed E-state index contributed by atoms with van der Waals surface area (Å²) in [6, 6.07) is 9.07. The van der Waals surface area contributed by atoms with Crippen LogP contribution in [0.1, 0.15) is 34.4 Å². The minimum atomic E-state index is -0.317. The van der Waals surface area contributed by atoms with Gasteiger partial charge in [-0.3, -0.25) is 9.59 Å². The molecule has 9 heteroatoms. The predicted octanol–water partition coefficient (Wildman–Crippen LogP) is 3.17. The number of nitrogens with one attached hydrogen (secondary N) is 2. The van der Waals surface area contributed by atoms with Gasteiger partial charge in [0.05, 0.1) is 18.6 Å². The minimum absolute atomic E-state index is 0.114. The Balaban J connectivity index is 1.56. The van der Waals surface area contributed by atoms with Gasteiger partial charge in [-0.25, -0.2) is 0 Å². The van der Waals surface area contributed by atoms with Gasteiger partial charge < -0.3 is 19.6 Å². The van der Waals surface area contributed by atoms with E-state index in [2.05, 4.69) is 20.8 Å². The van der Waals surface area contributed by atoms with Gasteiger partial charge in [0.25, 0.3) is 5.91 Å². The molecule has 2 amide bonds. The van der Waals surface area contributed by atoms with E-state index in [9.17, 15) is 9.59 Å². The van der Waals surface area contributed by atoms with Crippen LogP contribution >= 0.6 is 11.8 Å². The van der Waals surface area contributed by atoms with Gasteiger partial charge in [-0.15, -0.1) is 10.2 Å². The Bertz CT molecular complexity index is 998. The van der Waals surface area contributed by atoms with E-state index in [4.69, 9.17) is 4.42 Å². The molecule has 1 aromatic carbocycles. The number of furan rings is 1. The summed E-state index contributed by atoms with van der Waals surface area (Å²) in [5.41, 5.74) is 3.08. The summed E-state index contributed by atoms with van der Waals surface area (Å²) in [5, 5.41) is 14.6. The van der Waals surface area contributed by atoms with Crippen molar-refractivity contribution in [2.45, 2.75) is 39.0 Å². The van der Waals surface area contributed by atoms with Crippen molar-refractivity contribution in [2.75, 3.05) is 11.1 Å². The molecule has 0 aliphatic carbocycles. The van der Waals surface area contributed by atoms with Crippen LogP contribution in [0.3, 0.4) is 0 Å². The van der Waals surface area contributed by atoms with Crippen LogP contribution in [-0.2, 0) is 17.9 Å². The number of aromatic nitrogens is 3. The smallest absolute Gasteiger partial charge is 0.287 e. The number of nitrogens with zero attached hydrogens (tertiary/aromatic N) is 3. The highest BCUT2D eigenvalue weighted by molar-refractivity contribution is 7.99. The van der Waals surface area contributed by atoms with Crippen molar-refractivity contribution in [3.63, 3.8) is 0 Å². The monoisotopic (exact) mass is 413 g/mol. The highest BCUT2D eigenvalue weighted by atomic mass is 32.2. The number of thioether (sulfide) groups is 1. The van der Waals surface area contributed by atoms with Crippen molar-refractivity contribution >= 4 is 29.3 Å². The highest BCUT2D eigenvalue weighted by Gasteiger charge is 2.15. The second-order valence-electron chi connectivity index (χ2n) is 6.44. The minimum Gasteiger partial charge on any atom is -0.459 e. The maximum atomic E-state index is 12.3. The lowest BCUT2D eigenvalue weighted by Gasteiger charge is -2.09. The van der Waals surface area contributed by atoms with E-state index in [1.807, 2.05) is 43.5 Å². The van der Waals surface area contributed by atoms with E-state index in [0.717, 1.165) is 11.3 Å². The molecular formula is C20H23N5O3S. The average Bonchev–Trinajstić information content (AvgIpc) is 3.37. The van der Waals surface area contributed by atoms with Crippen LogP contribution in [0.2, 0.25) is 0 Å². The van der Waals surface area contributed by atoms with Gasteiger partial charge in [0.15, 0.2) is 16.7 Å². The molecule has 3 rings (SSSR count). The van der Waals surface area contributed by atoms with Crippen molar-refractivity contribution in [1.82, 2.24) is 20.1 Å². The van der Waals surface area contributed by atoms with E-state index in [1.54, 1.807) is 12.1 Å². The first-order valence-electron chi connectivity index (χ1n) is 9.21. The van der Waals surface area contributed by atoms with Crippen LogP contribution in [0.4, 0.5) is 5.69 Å². The Morgan fingerprint density at radius 1 is 1.17 bits per heavy atom. The molecule has 2 N–H and O–H groups in total. The van der Waals surface area contributed by atoms with Gasteiger partial charge in [-0.05, 0) is 56.2 Å².